The zero-order valence-electron chi connectivity index (χ0n) is 24.0. The molecule has 2 saturated heterocycles. The smallest absolute Gasteiger partial charge is 0.249 e. The van der Waals surface area contributed by atoms with Gasteiger partial charge in [-0.15, -0.1) is 11.3 Å². The third-order valence-electron chi connectivity index (χ3n) is 8.45. The Kier molecular flexibility index (Phi) is 7.67. The van der Waals surface area contributed by atoms with E-state index >= 15 is 0 Å². The Hall–Kier alpha value is -3.90. The van der Waals surface area contributed by atoms with Gasteiger partial charge in [-0.3, -0.25) is 9.59 Å². The van der Waals surface area contributed by atoms with Gasteiger partial charge in [0.15, 0.2) is 5.65 Å². The summed E-state index contributed by atoms with van der Waals surface area (Å²) in [5.74, 6) is -0.100. The van der Waals surface area contributed by atoms with Crippen molar-refractivity contribution in [2.45, 2.75) is 51.9 Å². The van der Waals surface area contributed by atoms with Crippen molar-refractivity contribution in [3.63, 3.8) is 0 Å². The van der Waals surface area contributed by atoms with Crippen LogP contribution in [-0.4, -0.2) is 92.2 Å². The number of thiophene rings is 1. The molecule has 4 aromatic heterocycles. The van der Waals surface area contributed by atoms with Gasteiger partial charge in [-0.1, -0.05) is 19.9 Å². The summed E-state index contributed by atoms with van der Waals surface area (Å²) in [5, 5.41) is 6.50. The average molecular weight is 591 g/mol. The molecule has 2 amide bonds. The number of likely N-dealkylation sites (tertiary alicyclic amines) is 1. The molecule has 0 saturated carbocycles. The van der Waals surface area contributed by atoms with Gasteiger partial charge in [-0.2, -0.15) is 5.10 Å². The van der Waals surface area contributed by atoms with E-state index in [0.717, 1.165) is 29.2 Å². The molecule has 12 heteroatoms. The first-order chi connectivity index (χ1) is 20.3. The molecule has 2 atom stereocenters. The summed E-state index contributed by atoms with van der Waals surface area (Å²) in [7, 11) is 0. The summed E-state index contributed by atoms with van der Waals surface area (Å²) in [5.41, 5.74) is 9.69. The number of fused-ring (bicyclic) bond motifs is 1. The molecule has 42 heavy (non-hydrogen) atoms. The fourth-order valence-corrected chi connectivity index (χ4v) is 6.65. The third kappa shape index (κ3) is 5.02. The van der Waals surface area contributed by atoms with E-state index in [4.69, 9.17) is 15.7 Å². The molecule has 10 nitrogen and oxygen atoms in total. The van der Waals surface area contributed by atoms with E-state index in [1.54, 1.807) is 33.0 Å². The number of pyridine rings is 1. The van der Waals surface area contributed by atoms with Crippen molar-refractivity contribution in [1.29, 1.82) is 0 Å². The second-order valence-electron chi connectivity index (χ2n) is 11.0. The van der Waals surface area contributed by atoms with E-state index in [-0.39, 0.29) is 25.0 Å². The molecule has 6 rings (SSSR count). The van der Waals surface area contributed by atoms with Crippen molar-refractivity contribution >= 4 is 34.6 Å². The number of carbonyl (C=O) groups is 2. The summed E-state index contributed by atoms with van der Waals surface area (Å²) in [6.07, 6.45) is 3.74. The van der Waals surface area contributed by atoms with E-state index in [2.05, 4.69) is 30.8 Å². The predicted octanol–water partition coefficient (Wildman–Crippen LogP) is 3.65. The molecule has 0 aromatic carbocycles. The normalized spacial score (nSPS) is 17.9. The Bertz CT molecular complexity index is 1610. The maximum absolute atomic E-state index is 13.6. The number of nitrogens with zero attached hydrogens (tertiary/aromatic N) is 7. The van der Waals surface area contributed by atoms with E-state index in [0.29, 0.717) is 47.7 Å². The van der Waals surface area contributed by atoms with Crippen molar-refractivity contribution < 1.29 is 14.0 Å². The van der Waals surface area contributed by atoms with Crippen LogP contribution in [-0.2, 0) is 11.2 Å². The lowest BCUT2D eigenvalue weighted by Gasteiger charge is -2.46. The van der Waals surface area contributed by atoms with Gasteiger partial charge in [-0.25, -0.2) is 18.9 Å². The highest BCUT2D eigenvalue weighted by Crippen LogP contribution is 2.36. The lowest BCUT2D eigenvalue weighted by Crippen LogP contribution is -2.63. The first-order valence-corrected chi connectivity index (χ1v) is 15.3. The summed E-state index contributed by atoms with van der Waals surface area (Å²) < 4.78 is 15.3. The van der Waals surface area contributed by atoms with Crippen LogP contribution in [0.2, 0.25) is 0 Å². The van der Waals surface area contributed by atoms with Gasteiger partial charge in [0.1, 0.15) is 18.0 Å². The molecule has 2 aliphatic rings. The Morgan fingerprint density at radius 3 is 2.60 bits per heavy atom. The van der Waals surface area contributed by atoms with Crippen LogP contribution in [0.15, 0.2) is 42.0 Å². The summed E-state index contributed by atoms with van der Waals surface area (Å²) in [6.45, 7) is 8.89. The number of hydrogen-bond acceptors (Lipinski definition) is 8. The molecule has 2 fully saturated rings. The molecule has 220 valence electrons. The van der Waals surface area contributed by atoms with Crippen LogP contribution in [0, 0.1) is 0 Å². The van der Waals surface area contributed by atoms with Crippen molar-refractivity contribution in [3.8, 4) is 21.8 Å². The number of likely N-dealkylation sites (N-methyl/N-ethyl adjacent to an activating group) is 1. The molecule has 2 aliphatic heterocycles. The average Bonchev–Trinajstić information content (AvgIpc) is 3.62. The number of anilines is 1. The second-order valence-corrected chi connectivity index (χ2v) is 11.9. The highest BCUT2D eigenvalue weighted by atomic mass is 32.1. The topological polar surface area (TPSA) is 113 Å². The maximum Gasteiger partial charge on any atom is 0.249 e. The standard InChI is InChI=1S/C30H35FN8O2S/c1-4-36(5-2)18(3)13-21-20(27(32)40)14-24(35-28(21)38-10-9-25(38)30(41)37-16-19(31)17-37)22-15-33-39-11-8-23(34-29(22)39)26-7-6-12-42-26/h6-8,11-12,14-15,18-19,25H,4-5,9-10,13,16-17H2,1-3H3,(H2,32,40)/t18-,25-/m0/s1. The van der Waals surface area contributed by atoms with Crippen LogP contribution in [0.4, 0.5) is 10.2 Å². The Labute approximate surface area is 248 Å². The monoisotopic (exact) mass is 590 g/mol. The summed E-state index contributed by atoms with van der Waals surface area (Å²) >= 11 is 1.60. The first kappa shape index (κ1) is 28.2. The number of amides is 2. The molecule has 6 heterocycles. The molecule has 0 bridgehead atoms. The van der Waals surface area contributed by atoms with Crippen LogP contribution in [0.3, 0.4) is 0 Å². The SMILES string of the molecule is CCN(CC)[C@@H](C)Cc1c(C(N)=O)cc(-c2cnn3ccc(-c4cccs4)nc23)nc1N1CC[C@H]1C(=O)N1CC(F)C1. The maximum atomic E-state index is 13.6. The van der Waals surface area contributed by atoms with E-state index < -0.39 is 18.1 Å². The Morgan fingerprint density at radius 1 is 1.19 bits per heavy atom. The Balaban J connectivity index is 1.47. The molecule has 0 aliphatic carbocycles. The number of nitrogens with two attached hydrogens (primary N) is 1. The van der Waals surface area contributed by atoms with Gasteiger partial charge in [0, 0.05) is 29.9 Å². The minimum Gasteiger partial charge on any atom is -0.366 e. The van der Waals surface area contributed by atoms with Crippen molar-refractivity contribution in [3.05, 3.63) is 53.2 Å². The number of halogens is 1. The molecule has 2 N–H and O–H groups in total. The van der Waals surface area contributed by atoms with Crippen LogP contribution >= 0.6 is 11.3 Å². The van der Waals surface area contributed by atoms with Crippen LogP contribution in [0.5, 0.6) is 0 Å². The van der Waals surface area contributed by atoms with Gasteiger partial charge in [0.25, 0.3) is 0 Å². The number of carbonyl (C=O) groups excluding carboxylic acids is 2. The van der Waals surface area contributed by atoms with Crippen LogP contribution < -0.4 is 10.6 Å². The lowest BCUT2D eigenvalue weighted by molar-refractivity contribution is -0.141. The summed E-state index contributed by atoms with van der Waals surface area (Å²) in [4.78, 5) is 43.1. The van der Waals surface area contributed by atoms with Crippen LogP contribution in [0.25, 0.3) is 27.5 Å². The minimum absolute atomic E-state index is 0.106. The molecule has 0 radical (unpaired) electrons. The fourth-order valence-electron chi connectivity index (χ4n) is 5.95. The van der Waals surface area contributed by atoms with Crippen LogP contribution in [0.1, 0.15) is 43.1 Å². The highest BCUT2D eigenvalue weighted by molar-refractivity contribution is 7.13. The third-order valence-corrected chi connectivity index (χ3v) is 9.34. The summed E-state index contributed by atoms with van der Waals surface area (Å²) in [6, 6.07) is 7.27. The number of aromatic nitrogens is 4. The van der Waals surface area contributed by atoms with Gasteiger partial charge in [-0.05, 0) is 56.4 Å². The first-order valence-electron chi connectivity index (χ1n) is 14.4. The minimum atomic E-state index is -0.974. The number of alkyl halides is 1. The van der Waals surface area contributed by atoms with Gasteiger partial charge < -0.3 is 20.4 Å². The molecule has 4 aromatic rings. The fraction of sp³-hybridized carbons (Fsp3) is 0.433. The number of primary amides is 1. The number of hydrogen-bond donors (Lipinski definition) is 1. The van der Waals surface area contributed by atoms with Gasteiger partial charge in [0.05, 0.1) is 41.1 Å². The highest BCUT2D eigenvalue weighted by Gasteiger charge is 2.43. The Morgan fingerprint density at radius 2 is 1.98 bits per heavy atom. The van der Waals surface area contributed by atoms with E-state index in [1.807, 2.05) is 34.7 Å². The zero-order valence-corrected chi connectivity index (χ0v) is 24.9. The van der Waals surface area contributed by atoms with E-state index in [1.165, 1.54) is 0 Å². The molecular formula is C30H35FN8O2S. The number of rotatable bonds is 10. The quantitative estimate of drug-likeness (QED) is 0.300. The van der Waals surface area contributed by atoms with Crippen molar-refractivity contribution in [1.82, 2.24) is 29.4 Å². The second kappa shape index (κ2) is 11.4. The van der Waals surface area contributed by atoms with Gasteiger partial charge in [0.2, 0.25) is 11.8 Å². The molecule has 0 spiro atoms. The molecular weight excluding hydrogens is 555 g/mol. The largest absolute Gasteiger partial charge is 0.366 e. The van der Waals surface area contributed by atoms with Gasteiger partial charge >= 0.3 is 0 Å². The van der Waals surface area contributed by atoms with E-state index in [9.17, 15) is 14.0 Å². The van der Waals surface area contributed by atoms with Crippen molar-refractivity contribution in [2.75, 3.05) is 37.6 Å². The lowest BCUT2D eigenvalue weighted by atomic mass is 9.94. The van der Waals surface area contributed by atoms with Crippen molar-refractivity contribution in [2.24, 2.45) is 5.73 Å². The zero-order chi connectivity index (χ0) is 29.5. The molecule has 0 unspecified atom stereocenters. The predicted molar refractivity (Wildman–Crippen MR) is 161 cm³/mol.